The van der Waals surface area contributed by atoms with Crippen LogP contribution in [-0.4, -0.2) is 63.9 Å². The van der Waals surface area contributed by atoms with Crippen molar-refractivity contribution in [3.8, 4) is 0 Å². The molecule has 0 radical (unpaired) electrons. The molecular formula is C20H26N4O4. The maximum atomic E-state index is 12.9. The molecule has 0 aromatic carbocycles. The summed E-state index contributed by atoms with van der Waals surface area (Å²) >= 11 is 0. The van der Waals surface area contributed by atoms with Crippen LogP contribution in [0.15, 0.2) is 35.3 Å². The maximum absolute atomic E-state index is 12.9. The number of oxazole rings is 1. The molecule has 8 nitrogen and oxygen atoms in total. The van der Waals surface area contributed by atoms with Gasteiger partial charge < -0.3 is 19.0 Å². The second-order valence-corrected chi connectivity index (χ2v) is 7.44. The molecule has 0 bridgehead atoms. The van der Waals surface area contributed by atoms with Crippen LogP contribution in [0.3, 0.4) is 0 Å². The monoisotopic (exact) mass is 386 g/mol. The van der Waals surface area contributed by atoms with Gasteiger partial charge in [-0.25, -0.2) is 4.98 Å². The number of hydrogen-bond donors (Lipinski definition) is 0. The molecule has 1 fully saturated rings. The Morgan fingerprint density at radius 2 is 2.21 bits per heavy atom. The average Bonchev–Trinajstić information content (AvgIpc) is 3.03. The van der Waals surface area contributed by atoms with Crippen LogP contribution in [0.25, 0.3) is 0 Å². The molecule has 1 aliphatic rings. The standard InChI is InChI=1S/C20H26N4O4/c1-14(2)8-23-9-17(27-12-16-5-4-6-21-7-16)10-24(11-18(23)25)20(26)19-15(3)22-13-28-19/h4-7,13-14,17H,8-12H2,1-3H3/t17-/m0/s1. The van der Waals surface area contributed by atoms with Crippen molar-refractivity contribution < 1.29 is 18.7 Å². The van der Waals surface area contributed by atoms with E-state index in [9.17, 15) is 9.59 Å². The van der Waals surface area contributed by atoms with Gasteiger partial charge in [-0.05, 0) is 24.5 Å². The topological polar surface area (TPSA) is 88.8 Å². The summed E-state index contributed by atoms with van der Waals surface area (Å²) in [6.45, 7) is 7.56. The molecule has 2 amide bonds. The highest BCUT2D eigenvalue weighted by Crippen LogP contribution is 2.16. The van der Waals surface area contributed by atoms with Crippen LogP contribution < -0.4 is 0 Å². The number of carbonyl (C=O) groups excluding carboxylic acids is 2. The third-order valence-corrected chi connectivity index (χ3v) is 4.55. The van der Waals surface area contributed by atoms with E-state index in [2.05, 4.69) is 23.8 Å². The van der Waals surface area contributed by atoms with Crippen LogP contribution in [0.1, 0.15) is 35.7 Å². The maximum Gasteiger partial charge on any atom is 0.292 e. The first-order valence-corrected chi connectivity index (χ1v) is 9.41. The van der Waals surface area contributed by atoms with E-state index in [0.717, 1.165) is 5.56 Å². The molecule has 0 saturated carbocycles. The highest BCUT2D eigenvalue weighted by Gasteiger charge is 2.33. The molecule has 0 N–H and O–H groups in total. The van der Waals surface area contributed by atoms with Gasteiger partial charge in [-0.1, -0.05) is 19.9 Å². The van der Waals surface area contributed by atoms with Crippen molar-refractivity contribution in [2.45, 2.75) is 33.5 Å². The smallest absolute Gasteiger partial charge is 0.292 e. The fourth-order valence-electron chi connectivity index (χ4n) is 3.20. The number of amides is 2. The minimum absolute atomic E-state index is 0.00154. The lowest BCUT2D eigenvalue weighted by Gasteiger charge is -2.25. The zero-order valence-electron chi connectivity index (χ0n) is 16.5. The Hall–Kier alpha value is -2.74. The normalized spacial score (nSPS) is 17.9. The van der Waals surface area contributed by atoms with Crippen molar-refractivity contribution in [2.24, 2.45) is 5.92 Å². The van der Waals surface area contributed by atoms with Gasteiger partial charge in [0.1, 0.15) is 6.54 Å². The average molecular weight is 386 g/mol. The van der Waals surface area contributed by atoms with E-state index in [1.807, 2.05) is 12.1 Å². The lowest BCUT2D eigenvalue weighted by Crippen LogP contribution is -2.40. The fraction of sp³-hybridized carbons (Fsp3) is 0.500. The Morgan fingerprint density at radius 1 is 1.39 bits per heavy atom. The summed E-state index contributed by atoms with van der Waals surface area (Å²) in [5.74, 6) is 0.0502. The van der Waals surface area contributed by atoms with Crippen LogP contribution in [0.4, 0.5) is 0 Å². The molecule has 150 valence electrons. The van der Waals surface area contributed by atoms with Gasteiger partial charge in [0.2, 0.25) is 11.7 Å². The number of pyridine rings is 1. The number of nitrogens with zero attached hydrogens (tertiary/aromatic N) is 4. The molecule has 0 aliphatic carbocycles. The van der Waals surface area contributed by atoms with E-state index in [-0.39, 0.29) is 30.2 Å². The Morgan fingerprint density at radius 3 is 2.86 bits per heavy atom. The van der Waals surface area contributed by atoms with Gasteiger partial charge in [0.05, 0.1) is 18.4 Å². The second-order valence-electron chi connectivity index (χ2n) is 7.44. The lowest BCUT2D eigenvalue weighted by atomic mass is 10.2. The van der Waals surface area contributed by atoms with Gasteiger partial charge in [0, 0.05) is 32.0 Å². The summed E-state index contributed by atoms with van der Waals surface area (Å²) in [5, 5.41) is 0. The van der Waals surface area contributed by atoms with Crippen molar-refractivity contribution >= 4 is 11.8 Å². The third-order valence-electron chi connectivity index (χ3n) is 4.55. The van der Waals surface area contributed by atoms with Crippen molar-refractivity contribution in [3.63, 3.8) is 0 Å². The molecule has 3 rings (SSSR count). The molecule has 3 heterocycles. The van der Waals surface area contributed by atoms with Crippen LogP contribution >= 0.6 is 0 Å². The van der Waals surface area contributed by atoms with Crippen LogP contribution in [0, 0.1) is 12.8 Å². The molecule has 1 atom stereocenters. The number of hydrogen-bond acceptors (Lipinski definition) is 6. The summed E-state index contributed by atoms with van der Waals surface area (Å²) in [4.78, 5) is 37.0. The van der Waals surface area contributed by atoms with E-state index in [1.165, 1.54) is 11.3 Å². The number of ether oxygens (including phenoxy) is 1. The number of aryl methyl sites for hydroxylation is 1. The molecule has 8 heteroatoms. The Balaban J connectivity index is 1.76. The molecule has 0 spiro atoms. The predicted octanol–water partition coefficient (Wildman–Crippen LogP) is 1.90. The second kappa shape index (κ2) is 8.97. The summed E-state index contributed by atoms with van der Waals surface area (Å²) in [6, 6.07) is 3.78. The van der Waals surface area contributed by atoms with Crippen molar-refractivity contribution in [1.82, 2.24) is 19.8 Å². The summed E-state index contributed by atoms with van der Waals surface area (Å²) in [6.07, 6.45) is 4.38. The minimum Gasteiger partial charge on any atom is -0.438 e. The predicted molar refractivity (Wildman–Crippen MR) is 101 cm³/mol. The van der Waals surface area contributed by atoms with E-state index in [0.29, 0.717) is 37.9 Å². The summed E-state index contributed by atoms with van der Waals surface area (Å²) in [7, 11) is 0. The number of carbonyl (C=O) groups is 2. The molecule has 28 heavy (non-hydrogen) atoms. The SMILES string of the molecule is Cc1ncoc1C(=O)N1CC(=O)N(CC(C)C)C[C@H](OCc2cccnc2)C1. The quantitative estimate of drug-likeness (QED) is 0.753. The van der Waals surface area contributed by atoms with Gasteiger partial charge >= 0.3 is 0 Å². The molecule has 2 aromatic rings. The zero-order chi connectivity index (χ0) is 20.1. The van der Waals surface area contributed by atoms with Gasteiger partial charge in [0.15, 0.2) is 6.39 Å². The molecule has 1 aliphatic heterocycles. The van der Waals surface area contributed by atoms with Gasteiger partial charge in [-0.15, -0.1) is 0 Å². The van der Waals surface area contributed by atoms with Crippen LogP contribution in [0.2, 0.25) is 0 Å². The lowest BCUT2D eigenvalue weighted by molar-refractivity contribution is -0.132. The molecule has 2 aromatic heterocycles. The Labute approximate surface area is 164 Å². The Kier molecular flexibility index (Phi) is 6.41. The van der Waals surface area contributed by atoms with Crippen molar-refractivity contribution in [2.75, 3.05) is 26.2 Å². The van der Waals surface area contributed by atoms with Gasteiger partial charge in [-0.2, -0.15) is 0 Å². The first-order chi connectivity index (χ1) is 13.4. The van der Waals surface area contributed by atoms with E-state index in [1.54, 1.807) is 24.2 Å². The van der Waals surface area contributed by atoms with E-state index in [4.69, 9.17) is 9.15 Å². The highest BCUT2D eigenvalue weighted by atomic mass is 16.5. The zero-order valence-corrected chi connectivity index (χ0v) is 16.5. The molecule has 0 unspecified atom stereocenters. The molecular weight excluding hydrogens is 360 g/mol. The van der Waals surface area contributed by atoms with Crippen molar-refractivity contribution in [3.05, 3.63) is 47.9 Å². The Bertz CT molecular complexity index is 806. The summed E-state index contributed by atoms with van der Waals surface area (Å²) in [5.41, 5.74) is 1.45. The van der Waals surface area contributed by atoms with Crippen LogP contribution in [-0.2, 0) is 16.1 Å². The van der Waals surface area contributed by atoms with Crippen LogP contribution in [0.5, 0.6) is 0 Å². The van der Waals surface area contributed by atoms with Gasteiger partial charge in [-0.3, -0.25) is 14.6 Å². The largest absolute Gasteiger partial charge is 0.438 e. The molecule has 1 saturated heterocycles. The van der Waals surface area contributed by atoms with E-state index < -0.39 is 0 Å². The van der Waals surface area contributed by atoms with Crippen molar-refractivity contribution in [1.29, 1.82) is 0 Å². The first kappa shape index (κ1) is 20.0. The third kappa shape index (κ3) is 4.95. The first-order valence-electron chi connectivity index (χ1n) is 9.41. The van der Waals surface area contributed by atoms with Gasteiger partial charge in [0.25, 0.3) is 5.91 Å². The summed E-state index contributed by atoms with van der Waals surface area (Å²) < 4.78 is 11.3. The van der Waals surface area contributed by atoms with E-state index >= 15 is 0 Å². The minimum atomic E-state index is -0.343. The highest BCUT2D eigenvalue weighted by molar-refractivity contribution is 5.95. The fourth-order valence-corrected chi connectivity index (χ4v) is 3.20. The number of rotatable bonds is 6. The number of aromatic nitrogens is 2.